The molecular formula is C18H23N3O4. The van der Waals surface area contributed by atoms with E-state index < -0.39 is 5.56 Å². The summed E-state index contributed by atoms with van der Waals surface area (Å²) in [5.41, 5.74) is 0.747. The summed E-state index contributed by atoms with van der Waals surface area (Å²) in [5.74, 6) is -0.812. The lowest BCUT2D eigenvalue weighted by molar-refractivity contribution is -0.139. The second-order valence-corrected chi connectivity index (χ2v) is 7.01. The van der Waals surface area contributed by atoms with Gasteiger partial charge in [-0.25, -0.2) is 0 Å². The number of amides is 2. The number of aromatic hydroxyl groups is 1. The summed E-state index contributed by atoms with van der Waals surface area (Å²) >= 11 is 0. The smallest absolute Gasteiger partial charge is 0.259 e. The van der Waals surface area contributed by atoms with E-state index in [9.17, 15) is 19.5 Å². The van der Waals surface area contributed by atoms with Gasteiger partial charge in [-0.3, -0.25) is 14.4 Å². The summed E-state index contributed by atoms with van der Waals surface area (Å²) in [5, 5.41) is 9.91. The topological polar surface area (TPSA) is 93.7 Å². The first-order chi connectivity index (χ1) is 11.9. The zero-order valence-corrected chi connectivity index (χ0v) is 14.5. The second-order valence-electron chi connectivity index (χ2n) is 7.01. The molecule has 2 bridgehead atoms. The Hall–Kier alpha value is -2.57. The lowest BCUT2D eigenvalue weighted by Crippen LogP contribution is -2.48. The highest BCUT2D eigenvalue weighted by molar-refractivity contribution is 5.97. The zero-order valence-electron chi connectivity index (χ0n) is 14.5. The normalized spacial score (nSPS) is 22.7. The highest BCUT2D eigenvalue weighted by Crippen LogP contribution is 2.30. The van der Waals surface area contributed by atoms with Crippen LogP contribution in [0.25, 0.3) is 0 Å². The first-order valence-electron chi connectivity index (χ1n) is 8.51. The Morgan fingerprint density at radius 2 is 2.08 bits per heavy atom. The Morgan fingerprint density at radius 3 is 2.76 bits per heavy atom. The third-order valence-electron chi connectivity index (χ3n) is 4.91. The van der Waals surface area contributed by atoms with Gasteiger partial charge in [-0.1, -0.05) is 11.6 Å². The Morgan fingerprint density at radius 1 is 1.32 bits per heavy atom. The van der Waals surface area contributed by atoms with E-state index >= 15 is 0 Å². The average Bonchev–Trinajstić information content (AvgIpc) is 2.83. The van der Waals surface area contributed by atoms with Crippen LogP contribution in [0.2, 0.25) is 0 Å². The molecule has 3 saturated heterocycles. The number of fused-ring (bicyclic) bond motifs is 4. The standard InChI is InChI=1S/C18H23N3O4/c1-11(2)5-6-21-13-4-3-12(17(21)24)9-20(10-13)18(25)14-8-19-16(23)7-15(14)22/h5,7-8,12-13H,3-4,6,9-10H2,1-2H3,(H2,19,22,23)/t12-,13+/m0/s1. The molecule has 1 aromatic heterocycles. The molecule has 2 atom stereocenters. The van der Waals surface area contributed by atoms with Crippen LogP contribution in [-0.4, -0.2) is 57.4 Å². The fourth-order valence-electron chi connectivity index (χ4n) is 3.53. The van der Waals surface area contributed by atoms with Crippen molar-refractivity contribution in [3.63, 3.8) is 0 Å². The number of hydrogen-bond donors (Lipinski definition) is 2. The summed E-state index contributed by atoms with van der Waals surface area (Å²) in [6.45, 7) is 5.34. The fraction of sp³-hybridized carbons (Fsp3) is 0.500. The third kappa shape index (κ3) is 3.45. The predicted molar refractivity (Wildman–Crippen MR) is 92.3 cm³/mol. The Kier molecular flexibility index (Phi) is 4.65. The largest absolute Gasteiger partial charge is 0.507 e. The maximum Gasteiger partial charge on any atom is 0.259 e. The van der Waals surface area contributed by atoms with Gasteiger partial charge in [0.05, 0.1) is 11.5 Å². The number of aromatic amines is 1. The van der Waals surface area contributed by atoms with E-state index in [0.717, 1.165) is 24.5 Å². The van der Waals surface area contributed by atoms with E-state index in [2.05, 4.69) is 4.98 Å². The van der Waals surface area contributed by atoms with Gasteiger partial charge < -0.3 is 19.9 Å². The van der Waals surface area contributed by atoms with Gasteiger partial charge >= 0.3 is 0 Å². The van der Waals surface area contributed by atoms with Crippen molar-refractivity contribution in [2.24, 2.45) is 5.92 Å². The molecule has 3 aliphatic rings. The van der Waals surface area contributed by atoms with Crippen molar-refractivity contribution in [1.29, 1.82) is 0 Å². The van der Waals surface area contributed by atoms with Crippen molar-refractivity contribution in [1.82, 2.24) is 14.8 Å². The van der Waals surface area contributed by atoms with Crippen LogP contribution in [0.5, 0.6) is 5.75 Å². The summed E-state index contributed by atoms with van der Waals surface area (Å²) in [6.07, 6.45) is 4.90. The second kappa shape index (κ2) is 6.74. The van der Waals surface area contributed by atoms with E-state index in [1.165, 1.54) is 6.20 Å². The van der Waals surface area contributed by atoms with Crippen LogP contribution in [0.4, 0.5) is 0 Å². The number of pyridine rings is 1. The molecule has 1 aromatic rings. The third-order valence-corrected chi connectivity index (χ3v) is 4.91. The Labute approximate surface area is 145 Å². The molecule has 0 saturated carbocycles. The van der Waals surface area contributed by atoms with E-state index in [0.29, 0.717) is 19.6 Å². The number of nitrogens with zero attached hydrogens (tertiary/aromatic N) is 2. The minimum absolute atomic E-state index is 0.0179. The number of allylic oxidation sites excluding steroid dienone is 1. The summed E-state index contributed by atoms with van der Waals surface area (Å²) < 4.78 is 0. The van der Waals surface area contributed by atoms with Gasteiger partial charge in [-0.15, -0.1) is 0 Å². The molecular weight excluding hydrogens is 322 g/mol. The average molecular weight is 345 g/mol. The van der Waals surface area contributed by atoms with Crippen molar-refractivity contribution in [2.75, 3.05) is 19.6 Å². The molecule has 3 aliphatic heterocycles. The number of piperidine rings is 1. The van der Waals surface area contributed by atoms with E-state index in [1.54, 1.807) is 4.90 Å². The van der Waals surface area contributed by atoms with Crippen molar-refractivity contribution in [3.05, 3.63) is 39.8 Å². The van der Waals surface area contributed by atoms with Crippen molar-refractivity contribution in [2.45, 2.75) is 32.7 Å². The highest BCUT2D eigenvalue weighted by Gasteiger charge is 2.41. The maximum absolute atomic E-state index is 12.8. The van der Waals surface area contributed by atoms with Gasteiger partial charge in [0.25, 0.3) is 11.5 Å². The van der Waals surface area contributed by atoms with Crippen LogP contribution in [0.3, 0.4) is 0 Å². The van der Waals surface area contributed by atoms with Crippen molar-refractivity contribution < 1.29 is 14.7 Å². The molecule has 0 aromatic carbocycles. The molecule has 0 spiro atoms. The zero-order chi connectivity index (χ0) is 18.1. The SMILES string of the molecule is CC(C)=CCN1C(=O)[C@H]2CC[C@@H]1CN(C(=O)c1c[nH]c(=O)cc1O)C2. The van der Waals surface area contributed by atoms with Crippen LogP contribution >= 0.6 is 0 Å². The van der Waals surface area contributed by atoms with E-state index in [1.807, 2.05) is 24.8 Å². The van der Waals surface area contributed by atoms with Crippen LogP contribution in [-0.2, 0) is 4.79 Å². The van der Waals surface area contributed by atoms with Crippen molar-refractivity contribution in [3.8, 4) is 5.75 Å². The van der Waals surface area contributed by atoms with Gasteiger partial charge in [0.2, 0.25) is 5.91 Å². The highest BCUT2D eigenvalue weighted by atomic mass is 16.3. The quantitative estimate of drug-likeness (QED) is 0.803. The van der Waals surface area contributed by atoms with E-state index in [4.69, 9.17) is 0 Å². The predicted octanol–water partition coefficient (Wildman–Crippen LogP) is 1.11. The molecule has 2 N–H and O–H groups in total. The number of carbonyl (C=O) groups excluding carboxylic acids is 2. The van der Waals surface area contributed by atoms with Crippen LogP contribution in [0, 0.1) is 5.92 Å². The van der Waals surface area contributed by atoms with Gasteiger partial charge in [0.15, 0.2) is 0 Å². The monoisotopic (exact) mass is 345 g/mol. The maximum atomic E-state index is 12.8. The van der Waals surface area contributed by atoms with Gasteiger partial charge in [-0.2, -0.15) is 0 Å². The molecule has 0 aliphatic carbocycles. The molecule has 7 heteroatoms. The lowest BCUT2D eigenvalue weighted by Gasteiger charge is -2.35. The minimum atomic E-state index is -0.465. The number of carbonyl (C=O) groups is 2. The molecule has 2 amide bonds. The number of aromatic nitrogens is 1. The first kappa shape index (κ1) is 17.3. The van der Waals surface area contributed by atoms with E-state index in [-0.39, 0.29) is 35.1 Å². The number of rotatable bonds is 3. The Balaban J connectivity index is 1.84. The van der Waals surface area contributed by atoms with Gasteiger partial charge in [-0.05, 0) is 26.7 Å². The van der Waals surface area contributed by atoms with Crippen LogP contribution in [0.15, 0.2) is 28.7 Å². The number of hydrogen-bond acceptors (Lipinski definition) is 4. The van der Waals surface area contributed by atoms with Crippen LogP contribution in [0.1, 0.15) is 37.0 Å². The number of H-pyrrole nitrogens is 1. The summed E-state index contributed by atoms with van der Waals surface area (Å²) in [4.78, 5) is 42.6. The first-order valence-corrected chi connectivity index (χ1v) is 8.51. The molecule has 25 heavy (non-hydrogen) atoms. The molecule has 4 heterocycles. The molecule has 3 fully saturated rings. The minimum Gasteiger partial charge on any atom is -0.507 e. The van der Waals surface area contributed by atoms with Gasteiger partial charge in [0.1, 0.15) is 5.75 Å². The summed E-state index contributed by atoms with van der Waals surface area (Å²) in [6, 6.07) is 0.974. The molecule has 134 valence electrons. The fourth-order valence-corrected chi connectivity index (χ4v) is 3.53. The molecule has 4 rings (SSSR count). The number of nitrogens with one attached hydrogen (secondary N) is 1. The molecule has 0 radical (unpaired) electrons. The summed E-state index contributed by atoms with van der Waals surface area (Å²) in [7, 11) is 0. The van der Waals surface area contributed by atoms with Gasteiger partial charge in [0, 0.05) is 37.9 Å². The van der Waals surface area contributed by atoms with Crippen LogP contribution < -0.4 is 5.56 Å². The molecule has 0 unspecified atom stereocenters. The lowest BCUT2D eigenvalue weighted by atomic mass is 9.94. The molecule has 7 nitrogen and oxygen atoms in total. The Bertz CT molecular complexity index is 779. The van der Waals surface area contributed by atoms with Crippen molar-refractivity contribution >= 4 is 11.8 Å².